The summed E-state index contributed by atoms with van der Waals surface area (Å²) >= 11 is 0. The van der Waals surface area contributed by atoms with Crippen LogP contribution in [0.3, 0.4) is 0 Å². The molecule has 0 unspecified atom stereocenters. The zero-order chi connectivity index (χ0) is 11.8. The molecule has 1 aromatic carbocycles. The van der Waals surface area contributed by atoms with Gasteiger partial charge in [0.25, 0.3) is 0 Å². The largest absolute Gasteiger partial charge is 0.416 e. The summed E-state index contributed by atoms with van der Waals surface area (Å²) in [6.07, 6.45) is -4.40. The molecule has 0 radical (unpaired) electrons. The summed E-state index contributed by atoms with van der Waals surface area (Å²) in [5.41, 5.74) is -0.145. The molecule has 0 aliphatic rings. The van der Waals surface area contributed by atoms with Crippen molar-refractivity contribution in [3.63, 3.8) is 0 Å². The molecule has 0 saturated carbocycles. The van der Waals surface area contributed by atoms with Gasteiger partial charge in [-0.05, 0) is 44.0 Å². The molecule has 1 nitrogen and oxygen atoms in total. The van der Waals surface area contributed by atoms with E-state index in [0.29, 0.717) is 5.56 Å². The zero-order valence-corrected chi connectivity index (χ0v) is 8.70. The number of hydrogen-bond acceptors (Lipinski definition) is 1. The van der Waals surface area contributed by atoms with Crippen LogP contribution in [-0.4, -0.2) is 5.78 Å². The quantitative estimate of drug-likeness (QED) is 0.656. The fraction of sp³-hybridized carbons (Fsp3) is 0.364. The van der Waals surface area contributed by atoms with Crippen LogP contribution in [0.15, 0.2) is 12.1 Å². The summed E-state index contributed by atoms with van der Waals surface area (Å²) in [6, 6.07) is 2.54. The second kappa shape index (κ2) is 3.68. The topological polar surface area (TPSA) is 17.1 Å². The van der Waals surface area contributed by atoms with Gasteiger partial charge in [0.1, 0.15) is 0 Å². The van der Waals surface area contributed by atoms with Crippen molar-refractivity contribution in [1.82, 2.24) is 0 Å². The molecule has 0 spiro atoms. The second-order valence-corrected chi connectivity index (χ2v) is 3.54. The monoisotopic (exact) mass is 216 g/mol. The van der Waals surface area contributed by atoms with Crippen LogP contribution in [0.1, 0.15) is 34.0 Å². The number of halogens is 3. The van der Waals surface area contributed by atoms with E-state index in [1.807, 2.05) is 0 Å². The van der Waals surface area contributed by atoms with Crippen LogP contribution >= 0.6 is 0 Å². The molecule has 0 aliphatic heterocycles. The molecule has 0 bridgehead atoms. The van der Waals surface area contributed by atoms with Gasteiger partial charge in [-0.1, -0.05) is 0 Å². The van der Waals surface area contributed by atoms with E-state index in [4.69, 9.17) is 0 Å². The van der Waals surface area contributed by atoms with E-state index in [-0.39, 0.29) is 16.9 Å². The van der Waals surface area contributed by atoms with E-state index in [1.165, 1.54) is 19.9 Å². The zero-order valence-electron chi connectivity index (χ0n) is 8.70. The SMILES string of the molecule is CC(=O)c1cc(C)cc(C(F)(F)F)c1C. The number of hydrogen-bond donors (Lipinski definition) is 0. The average molecular weight is 216 g/mol. The van der Waals surface area contributed by atoms with Crippen molar-refractivity contribution in [1.29, 1.82) is 0 Å². The summed E-state index contributed by atoms with van der Waals surface area (Å²) < 4.78 is 37.7. The highest BCUT2D eigenvalue weighted by molar-refractivity contribution is 5.96. The molecule has 82 valence electrons. The number of alkyl halides is 3. The number of Topliss-reactive ketones (excluding diaryl/α,β-unsaturated/α-hetero) is 1. The Balaban J connectivity index is 3.49. The highest BCUT2D eigenvalue weighted by atomic mass is 19.4. The first-order valence-electron chi connectivity index (χ1n) is 4.43. The lowest BCUT2D eigenvalue weighted by molar-refractivity contribution is -0.138. The average Bonchev–Trinajstić information content (AvgIpc) is 2.06. The van der Waals surface area contributed by atoms with E-state index < -0.39 is 11.7 Å². The molecule has 15 heavy (non-hydrogen) atoms. The number of carbonyl (C=O) groups is 1. The molecule has 1 rings (SSSR count). The van der Waals surface area contributed by atoms with Crippen molar-refractivity contribution >= 4 is 5.78 Å². The third kappa shape index (κ3) is 2.37. The van der Waals surface area contributed by atoms with Crippen molar-refractivity contribution in [3.05, 3.63) is 34.4 Å². The van der Waals surface area contributed by atoms with Gasteiger partial charge < -0.3 is 0 Å². The van der Waals surface area contributed by atoms with Crippen LogP contribution < -0.4 is 0 Å². The van der Waals surface area contributed by atoms with Gasteiger partial charge in [-0.3, -0.25) is 4.79 Å². The standard InChI is InChI=1S/C11H11F3O/c1-6-4-9(8(3)15)7(2)10(5-6)11(12,13)14/h4-5H,1-3H3. The van der Waals surface area contributed by atoms with Crippen molar-refractivity contribution < 1.29 is 18.0 Å². The summed E-state index contributed by atoms with van der Waals surface area (Å²) in [5.74, 6) is -0.346. The molecule has 0 atom stereocenters. The predicted octanol–water partition coefficient (Wildman–Crippen LogP) is 3.52. The van der Waals surface area contributed by atoms with Crippen LogP contribution in [0.5, 0.6) is 0 Å². The summed E-state index contributed by atoms with van der Waals surface area (Å²) in [7, 11) is 0. The number of rotatable bonds is 1. The summed E-state index contributed by atoms with van der Waals surface area (Å²) in [5, 5.41) is 0. The molecule has 0 fully saturated rings. The first-order valence-corrected chi connectivity index (χ1v) is 4.43. The van der Waals surface area contributed by atoms with E-state index in [9.17, 15) is 18.0 Å². The van der Waals surface area contributed by atoms with Gasteiger partial charge in [0.2, 0.25) is 0 Å². The number of ketones is 1. The lowest BCUT2D eigenvalue weighted by Gasteiger charge is -2.13. The number of benzene rings is 1. The van der Waals surface area contributed by atoms with Gasteiger partial charge in [-0.25, -0.2) is 0 Å². The molecule has 0 aliphatic carbocycles. The van der Waals surface area contributed by atoms with Gasteiger partial charge in [-0.15, -0.1) is 0 Å². The Morgan fingerprint density at radius 2 is 1.73 bits per heavy atom. The van der Waals surface area contributed by atoms with Gasteiger partial charge in [-0.2, -0.15) is 13.2 Å². The third-order valence-corrected chi connectivity index (χ3v) is 2.24. The molecule has 0 N–H and O–H groups in total. The van der Waals surface area contributed by atoms with Crippen molar-refractivity contribution in [2.45, 2.75) is 26.9 Å². The van der Waals surface area contributed by atoms with Gasteiger partial charge in [0.15, 0.2) is 5.78 Å². The third-order valence-electron chi connectivity index (χ3n) is 2.24. The van der Waals surface area contributed by atoms with Crippen LogP contribution in [-0.2, 0) is 6.18 Å². The Kier molecular flexibility index (Phi) is 2.88. The summed E-state index contributed by atoms with van der Waals surface area (Å²) in [6.45, 7) is 4.13. The first-order chi connectivity index (χ1) is 6.73. The van der Waals surface area contributed by atoms with Crippen LogP contribution in [0, 0.1) is 13.8 Å². The molecule has 1 aromatic rings. The highest BCUT2D eigenvalue weighted by Crippen LogP contribution is 2.33. The fourth-order valence-electron chi connectivity index (χ4n) is 1.52. The predicted molar refractivity (Wildman–Crippen MR) is 50.9 cm³/mol. The maximum absolute atomic E-state index is 12.6. The van der Waals surface area contributed by atoms with Crippen molar-refractivity contribution in [3.8, 4) is 0 Å². The lowest BCUT2D eigenvalue weighted by atomic mass is 9.97. The molecule has 0 amide bonds. The number of aryl methyl sites for hydroxylation is 1. The first kappa shape index (κ1) is 11.8. The summed E-state index contributed by atoms with van der Waals surface area (Å²) in [4.78, 5) is 11.1. The molecule has 0 aromatic heterocycles. The Morgan fingerprint density at radius 1 is 1.20 bits per heavy atom. The second-order valence-electron chi connectivity index (χ2n) is 3.54. The molecule has 0 saturated heterocycles. The van der Waals surface area contributed by atoms with Crippen LogP contribution in [0.4, 0.5) is 13.2 Å². The van der Waals surface area contributed by atoms with Gasteiger partial charge in [0.05, 0.1) is 5.56 Å². The maximum Gasteiger partial charge on any atom is 0.416 e. The van der Waals surface area contributed by atoms with Gasteiger partial charge >= 0.3 is 6.18 Å². The molecular formula is C11H11F3O. The van der Waals surface area contributed by atoms with E-state index in [1.54, 1.807) is 6.92 Å². The Hall–Kier alpha value is -1.32. The Bertz CT molecular complexity index is 405. The minimum atomic E-state index is -4.40. The van der Waals surface area contributed by atoms with E-state index in [2.05, 4.69) is 0 Å². The smallest absolute Gasteiger partial charge is 0.295 e. The van der Waals surface area contributed by atoms with E-state index >= 15 is 0 Å². The normalized spacial score (nSPS) is 11.6. The molecule has 0 heterocycles. The fourth-order valence-corrected chi connectivity index (χ4v) is 1.52. The highest BCUT2D eigenvalue weighted by Gasteiger charge is 2.33. The van der Waals surface area contributed by atoms with E-state index in [0.717, 1.165) is 6.07 Å². The number of carbonyl (C=O) groups excluding carboxylic acids is 1. The van der Waals surface area contributed by atoms with Crippen LogP contribution in [0.2, 0.25) is 0 Å². The lowest BCUT2D eigenvalue weighted by Crippen LogP contribution is -2.11. The van der Waals surface area contributed by atoms with Crippen molar-refractivity contribution in [2.24, 2.45) is 0 Å². The minimum Gasteiger partial charge on any atom is -0.295 e. The minimum absolute atomic E-state index is 0.000556. The molecule has 4 heteroatoms. The van der Waals surface area contributed by atoms with Crippen LogP contribution in [0.25, 0.3) is 0 Å². The molecular weight excluding hydrogens is 205 g/mol. The van der Waals surface area contributed by atoms with Crippen molar-refractivity contribution in [2.75, 3.05) is 0 Å². The van der Waals surface area contributed by atoms with Gasteiger partial charge in [0, 0.05) is 5.56 Å². The maximum atomic E-state index is 12.6. The Labute approximate surface area is 85.9 Å². The Morgan fingerprint density at radius 3 is 2.13 bits per heavy atom.